The molecule has 2 heterocycles. The number of ether oxygens (including phenoxy) is 1. The fourth-order valence-electron chi connectivity index (χ4n) is 1.70. The molecular weight excluding hydrogens is 196 g/mol. The van der Waals surface area contributed by atoms with Gasteiger partial charge in [-0.25, -0.2) is 4.79 Å². The maximum atomic E-state index is 11.4. The molecule has 6 heteroatoms. The number of hydrogen-bond donors (Lipinski definition) is 1. The predicted molar refractivity (Wildman–Crippen MR) is 53.1 cm³/mol. The molecule has 1 aromatic heterocycles. The van der Waals surface area contributed by atoms with E-state index in [1.54, 1.807) is 15.8 Å². The number of hydrogen-bond acceptors (Lipinski definition) is 4. The van der Waals surface area contributed by atoms with Gasteiger partial charge in [-0.1, -0.05) is 0 Å². The Labute approximate surface area is 87.6 Å². The van der Waals surface area contributed by atoms with Gasteiger partial charge in [0.05, 0.1) is 12.2 Å². The second-order valence-electron chi connectivity index (χ2n) is 3.49. The molecule has 1 fully saturated rings. The van der Waals surface area contributed by atoms with Crippen LogP contribution in [0.3, 0.4) is 0 Å². The second-order valence-corrected chi connectivity index (χ2v) is 3.49. The third-order valence-electron chi connectivity index (χ3n) is 2.48. The van der Waals surface area contributed by atoms with E-state index >= 15 is 0 Å². The van der Waals surface area contributed by atoms with E-state index in [1.807, 2.05) is 13.1 Å². The summed E-state index contributed by atoms with van der Waals surface area (Å²) in [5.41, 5.74) is 6.30. The van der Waals surface area contributed by atoms with Crippen LogP contribution < -0.4 is 5.73 Å². The number of aryl methyl sites for hydroxylation is 1. The van der Waals surface area contributed by atoms with E-state index in [-0.39, 0.29) is 12.2 Å². The molecule has 1 saturated heterocycles. The van der Waals surface area contributed by atoms with E-state index in [0.29, 0.717) is 19.6 Å². The molecule has 0 saturated carbocycles. The zero-order chi connectivity index (χ0) is 10.8. The summed E-state index contributed by atoms with van der Waals surface area (Å²) in [4.78, 5) is 13.0. The van der Waals surface area contributed by atoms with Gasteiger partial charge < -0.3 is 15.4 Å². The van der Waals surface area contributed by atoms with Gasteiger partial charge in [0.25, 0.3) is 0 Å². The van der Waals surface area contributed by atoms with E-state index in [4.69, 9.17) is 10.5 Å². The fourth-order valence-corrected chi connectivity index (χ4v) is 1.70. The monoisotopic (exact) mass is 210 g/mol. The number of nitrogens with zero attached hydrogens (tertiary/aromatic N) is 3. The topological polar surface area (TPSA) is 73.4 Å². The van der Waals surface area contributed by atoms with E-state index in [0.717, 1.165) is 5.69 Å². The summed E-state index contributed by atoms with van der Waals surface area (Å²) in [6.07, 6.45) is 1.16. The lowest BCUT2D eigenvalue weighted by Gasteiger charge is -2.10. The molecule has 82 valence electrons. The molecule has 1 amide bonds. The number of nitrogens with two attached hydrogens (primary N) is 1. The van der Waals surface area contributed by atoms with Crippen LogP contribution >= 0.6 is 0 Å². The number of aromatic nitrogens is 2. The SMILES string of the molecule is Cn1nccc1C1CN(CCN)C(=O)O1. The van der Waals surface area contributed by atoms with Crippen molar-refractivity contribution in [1.29, 1.82) is 0 Å². The van der Waals surface area contributed by atoms with E-state index in [1.165, 1.54) is 0 Å². The van der Waals surface area contributed by atoms with Gasteiger partial charge >= 0.3 is 6.09 Å². The number of carbonyl (C=O) groups excluding carboxylic acids is 1. The minimum Gasteiger partial charge on any atom is -0.438 e. The maximum Gasteiger partial charge on any atom is 0.410 e. The molecule has 2 rings (SSSR count). The maximum absolute atomic E-state index is 11.4. The average Bonchev–Trinajstić information content (AvgIpc) is 2.75. The molecule has 1 aromatic rings. The van der Waals surface area contributed by atoms with Crippen molar-refractivity contribution in [2.75, 3.05) is 19.6 Å². The van der Waals surface area contributed by atoms with Crippen LogP contribution in [0.2, 0.25) is 0 Å². The molecule has 0 radical (unpaired) electrons. The highest BCUT2D eigenvalue weighted by Crippen LogP contribution is 2.24. The van der Waals surface area contributed by atoms with Crippen LogP contribution in [0, 0.1) is 0 Å². The Morgan fingerprint density at radius 3 is 3.13 bits per heavy atom. The van der Waals surface area contributed by atoms with E-state index < -0.39 is 0 Å². The largest absolute Gasteiger partial charge is 0.438 e. The molecule has 1 aliphatic rings. The van der Waals surface area contributed by atoms with Crippen LogP contribution in [0.25, 0.3) is 0 Å². The van der Waals surface area contributed by atoms with Crippen molar-refractivity contribution in [2.45, 2.75) is 6.10 Å². The first kappa shape index (κ1) is 9.97. The lowest BCUT2D eigenvalue weighted by Crippen LogP contribution is -2.30. The Balaban J connectivity index is 2.09. The summed E-state index contributed by atoms with van der Waals surface area (Å²) in [5.74, 6) is 0. The minimum absolute atomic E-state index is 0.225. The van der Waals surface area contributed by atoms with Gasteiger partial charge in [-0.05, 0) is 6.07 Å². The van der Waals surface area contributed by atoms with Gasteiger partial charge in [-0.2, -0.15) is 5.10 Å². The molecule has 6 nitrogen and oxygen atoms in total. The highest BCUT2D eigenvalue weighted by Gasteiger charge is 2.33. The molecule has 0 spiro atoms. The highest BCUT2D eigenvalue weighted by atomic mass is 16.6. The first-order chi connectivity index (χ1) is 7.22. The molecular formula is C9H14N4O2. The summed E-state index contributed by atoms with van der Waals surface area (Å²) in [7, 11) is 1.83. The first-order valence-corrected chi connectivity index (χ1v) is 4.86. The van der Waals surface area contributed by atoms with Crippen molar-refractivity contribution >= 4 is 6.09 Å². The Hall–Kier alpha value is -1.56. The molecule has 0 aromatic carbocycles. The van der Waals surface area contributed by atoms with Crippen LogP contribution in [0.5, 0.6) is 0 Å². The van der Waals surface area contributed by atoms with E-state index in [2.05, 4.69) is 5.10 Å². The number of carbonyl (C=O) groups is 1. The zero-order valence-electron chi connectivity index (χ0n) is 8.59. The first-order valence-electron chi connectivity index (χ1n) is 4.86. The molecule has 0 bridgehead atoms. The normalized spacial score (nSPS) is 20.8. The molecule has 0 aliphatic carbocycles. The predicted octanol–water partition coefficient (Wildman–Crippen LogP) is -0.128. The van der Waals surface area contributed by atoms with Crippen molar-refractivity contribution in [3.8, 4) is 0 Å². The number of amides is 1. The van der Waals surface area contributed by atoms with Crippen LogP contribution in [0.1, 0.15) is 11.8 Å². The van der Waals surface area contributed by atoms with Crippen molar-refractivity contribution in [3.05, 3.63) is 18.0 Å². The quantitative estimate of drug-likeness (QED) is 0.754. The van der Waals surface area contributed by atoms with Crippen molar-refractivity contribution in [2.24, 2.45) is 12.8 Å². The Kier molecular flexibility index (Phi) is 2.59. The standard InChI is InChI=1S/C9H14N4O2/c1-12-7(2-4-11-12)8-6-13(5-3-10)9(14)15-8/h2,4,8H,3,5-6,10H2,1H3. The Morgan fingerprint density at radius 2 is 2.53 bits per heavy atom. The van der Waals surface area contributed by atoms with Crippen LogP contribution in [0.15, 0.2) is 12.3 Å². The summed E-state index contributed by atoms with van der Waals surface area (Å²) in [6, 6.07) is 1.85. The second kappa shape index (κ2) is 3.90. The Morgan fingerprint density at radius 1 is 1.73 bits per heavy atom. The van der Waals surface area contributed by atoms with Gasteiger partial charge in [0.1, 0.15) is 0 Å². The lowest BCUT2D eigenvalue weighted by molar-refractivity contribution is 0.130. The van der Waals surface area contributed by atoms with Crippen molar-refractivity contribution < 1.29 is 9.53 Å². The molecule has 15 heavy (non-hydrogen) atoms. The van der Waals surface area contributed by atoms with Crippen LogP contribution in [0.4, 0.5) is 4.79 Å². The van der Waals surface area contributed by atoms with E-state index in [9.17, 15) is 4.79 Å². The van der Waals surface area contributed by atoms with Gasteiger partial charge in [-0.3, -0.25) is 4.68 Å². The fraction of sp³-hybridized carbons (Fsp3) is 0.556. The molecule has 2 N–H and O–H groups in total. The third kappa shape index (κ3) is 1.80. The minimum atomic E-state index is -0.299. The van der Waals surface area contributed by atoms with Crippen LogP contribution in [-0.4, -0.2) is 40.4 Å². The summed E-state index contributed by atoms with van der Waals surface area (Å²) in [5, 5.41) is 4.04. The molecule has 1 aliphatic heterocycles. The van der Waals surface area contributed by atoms with Crippen molar-refractivity contribution in [3.63, 3.8) is 0 Å². The molecule has 1 unspecified atom stereocenters. The number of cyclic esters (lactones) is 1. The zero-order valence-corrected chi connectivity index (χ0v) is 8.59. The molecule has 1 atom stereocenters. The average molecular weight is 210 g/mol. The van der Waals surface area contributed by atoms with Crippen molar-refractivity contribution in [1.82, 2.24) is 14.7 Å². The summed E-state index contributed by atoms with van der Waals surface area (Å²) >= 11 is 0. The number of rotatable bonds is 3. The van der Waals surface area contributed by atoms with Gasteiger partial charge in [0.15, 0.2) is 6.10 Å². The smallest absolute Gasteiger partial charge is 0.410 e. The summed E-state index contributed by atoms with van der Waals surface area (Å²) < 4.78 is 6.93. The third-order valence-corrected chi connectivity index (χ3v) is 2.48. The highest BCUT2D eigenvalue weighted by molar-refractivity contribution is 5.70. The van der Waals surface area contributed by atoms with Gasteiger partial charge in [0.2, 0.25) is 0 Å². The summed E-state index contributed by atoms with van der Waals surface area (Å²) in [6.45, 7) is 1.54. The van der Waals surface area contributed by atoms with Gasteiger partial charge in [0, 0.05) is 26.3 Å². The Bertz CT molecular complexity index is 363. The van der Waals surface area contributed by atoms with Crippen LogP contribution in [-0.2, 0) is 11.8 Å². The lowest BCUT2D eigenvalue weighted by atomic mass is 10.2. The van der Waals surface area contributed by atoms with Gasteiger partial charge in [-0.15, -0.1) is 0 Å².